The fourth-order valence-corrected chi connectivity index (χ4v) is 3.05. The number of nitrogens with one attached hydrogen (secondary N) is 1. The first-order chi connectivity index (χ1) is 12.4. The van der Waals surface area contributed by atoms with E-state index in [0.717, 1.165) is 11.8 Å². The summed E-state index contributed by atoms with van der Waals surface area (Å²) in [6, 6.07) is 12.0. The molecule has 3 aromatic rings. The Morgan fingerprint density at radius 1 is 1.12 bits per heavy atom. The molecule has 0 aliphatic rings. The molecule has 2 aromatic carbocycles. The first kappa shape index (κ1) is 17.9. The average Bonchev–Trinajstić information content (AvgIpc) is 2.60. The fourth-order valence-electron chi connectivity index (χ4n) is 2.33. The molecule has 5 nitrogen and oxygen atoms in total. The lowest BCUT2D eigenvalue weighted by Gasteiger charge is -2.07. The first-order valence-corrected chi connectivity index (χ1v) is 8.68. The van der Waals surface area contributed by atoms with E-state index in [1.807, 2.05) is 0 Å². The van der Waals surface area contributed by atoms with Crippen molar-refractivity contribution < 1.29 is 18.4 Å². The SMILES string of the molecule is CC(=O)c1ccc(SCC(=O)Nc2ccc3oc(=O)ccc3c2)c(F)c1. The van der Waals surface area contributed by atoms with Crippen molar-refractivity contribution in [1.29, 1.82) is 0 Å². The van der Waals surface area contributed by atoms with Crippen LogP contribution in [0, 0.1) is 5.82 Å². The summed E-state index contributed by atoms with van der Waals surface area (Å²) in [5.41, 5.74) is 0.824. The number of amides is 1. The fraction of sp³-hybridized carbons (Fsp3) is 0.105. The standard InChI is InChI=1S/C19H14FNO4S/c1-11(22)12-2-6-17(15(20)9-12)26-10-18(23)21-14-4-5-16-13(8-14)3-7-19(24)25-16/h2-9H,10H2,1H3,(H,21,23). The van der Waals surface area contributed by atoms with Gasteiger partial charge in [-0.15, -0.1) is 11.8 Å². The Morgan fingerprint density at radius 3 is 2.65 bits per heavy atom. The van der Waals surface area contributed by atoms with E-state index in [2.05, 4.69) is 5.32 Å². The Bertz CT molecular complexity index is 1060. The first-order valence-electron chi connectivity index (χ1n) is 7.69. The number of ketones is 1. The number of fused-ring (bicyclic) bond motifs is 1. The molecule has 0 radical (unpaired) electrons. The summed E-state index contributed by atoms with van der Waals surface area (Å²) >= 11 is 1.04. The Labute approximate surface area is 152 Å². The van der Waals surface area contributed by atoms with Crippen molar-refractivity contribution in [2.45, 2.75) is 11.8 Å². The molecule has 0 spiro atoms. The lowest BCUT2D eigenvalue weighted by molar-refractivity contribution is -0.113. The third-order valence-corrected chi connectivity index (χ3v) is 4.65. The van der Waals surface area contributed by atoms with Crippen LogP contribution in [0.2, 0.25) is 0 Å². The quantitative estimate of drug-likeness (QED) is 0.419. The molecule has 0 aliphatic heterocycles. The van der Waals surface area contributed by atoms with Crippen molar-refractivity contribution in [3.8, 4) is 0 Å². The molecule has 1 amide bonds. The molecular formula is C19H14FNO4S. The van der Waals surface area contributed by atoms with Crippen LogP contribution >= 0.6 is 11.8 Å². The highest BCUT2D eigenvalue weighted by Gasteiger charge is 2.10. The molecule has 132 valence electrons. The van der Waals surface area contributed by atoms with E-state index in [9.17, 15) is 18.8 Å². The van der Waals surface area contributed by atoms with E-state index in [4.69, 9.17) is 4.42 Å². The van der Waals surface area contributed by atoms with Gasteiger partial charge in [0.15, 0.2) is 5.78 Å². The van der Waals surface area contributed by atoms with Crippen molar-refractivity contribution >= 4 is 40.1 Å². The minimum absolute atomic E-state index is 0.0122. The minimum atomic E-state index is -0.531. The Morgan fingerprint density at radius 2 is 1.92 bits per heavy atom. The van der Waals surface area contributed by atoms with Crippen LogP contribution in [-0.2, 0) is 4.79 Å². The van der Waals surface area contributed by atoms with Crippen LogP contribution in [0.3, 0.4) is 0 Å². The minimum Gasteiger partial charge on any atom is -0.423 e. The highest BCUT2D eigenvalue weighted by atomic mass is 32.2. The molecular weight excluding hydrogens is 357 g/mol. The van der Waals surface area contributed by atoms with Crippen molar-refractivity contribution in [2.75, 3.05) is 11.1 Å². The van der Waals surface area contributed by atoms with Gasteiger partial charge < -0.3 is 9.73 Å². The Balaban J connectivity index is 1.65. The molecule has 0 unspecified atom stereocenters. The maximum absolute atomic E-state index is 14.0. The second-order valence-electron chi connectivity index (χ2n) is 5.55. The van der Waals surface area contributed by atoms with E-state index < -0.39 is 11.4 Å². The maximum atomic E-state index is 14.0. The molecule has 0 bridgehead atoms. The van der Waals surface area contributed by atoms with Crippen molar-refractivity contribution in [1.82, 2.24) is 0 Å². The molecule has 1 N–H and O–H groups in total. The van der Waals surface area contributed by atoms with Crippen LogP contribution in [0.5, 0.6) is 0 Å². The van der Waals surface area contributed by atoms with E-state index in [0.29, 0.717) is 27.1 Å². The normalized spacial score (nSPS) is 10.7. The number of halogens is 1. The summed E-state index contributed by atoms with van der Waals surface area (Å²) in [7, 11) is 0. The number of Topliss-reactive ketones (excluding diaryl/α,β-unsaturated/α-hetero) is 1. The van der Waals surface area contributed by atoms with Gasteiger partial charge in [-0.1, -0.05) is 6.07 Å². The van der Waals surface area contributed by atoms with E-state index >= 15 is 0 Å². The molecule has 7 heteroatoms. The van der Waals surface area contributed by atoms with Gasteiger partial charge in [-0.2, -0.15) is 0 Å². The second kappa shape index (κ2) is 7.53. The van der Waals surface area contributed by atoms with Crippen LogP contribution in [0.15, 0.2) is 62.6 Å². The Hall–Kier alpha value is -2.93. The summed E-state index contributed by atoms with van der Waals surface area (Å²) in [5.74, 6) is -1.04. The highest BCUT2D eigenvalue weighted by molar-refractivity contribution is 8.00. The van der Waals surface area contributed by atoms with E-state index in [1.54, 1.807) is 24.3 Å². The Kier molecular flexibility index (Phi) is 5.18. The molecule has 3 rings (SSSR count). The van der Waals surface area contributed by atoms with Gasteiger partial charge in [-0.3, -0.25) is 9.59 Å². The van der Waals surface area contributed by atoms with Crippen LogP contribution < -0.4 is 10.9 Å². The van der Waals surface area contributed by atoms with Gasteiger partial charge >= 0.3 is 5.63 Å². The monoisotopic (exact) mass is 371 g/mol. The van der Waals surface area contributed by atoms with Crippen LogP contribution in [-0.4, -0.2) is 17.4 Å². The van der Waals surface area contributed by atoms with Crippen LogP contribution in [0.4, 0.5) is 10.1 Å². The second-order valence-corrected chi connectivity index (χ2v) is 6.56. The third kappa shape index (κ3) is 4.18. The lowest BCUT2D eigenvalue weighted by Crippen LogP contribution is -2.14. The number of carbonyl (C=O) groups excluding carboxylic acids is 2. The summed E-state index contributed by atoms with van der Waals surface area (Å²) in [5, 5.41) is 3.39. The largest absolute Gasteiger partial charge is 0.423 e. The molecule has 0 atom stereocenters. The van der Waals surface area contributed by atoms with Gasteiger partial charge in [-0.05, 0) is 43.3 Å². The molecule has 0 aliphatic carbocycles. The van der Waals surface area contributed by atoms with Gasteiger partial charge in [0.2, 0.25) is 5.91 Å². The zero-order valence-electron chi connectivity index (χ0n) is 13.7. The number of hydrogen-bond donors (Lipinski definition) is 1. The zero-order valence-corrected chi connectivity index (χ0v) is 14.6. The maximum Gasteiger partial charge on any atom is 0.336 e. The third-order valence-electron chi connectivity index (χ3n) is 3.60. The van der Waals surface area contributed by atoms with Crippen LogP contribution in [0.1, 0.15) is 17.3 Å². The molecule has 26 heavy (non-hydrogen) atoms. The summed E-state index contributed by atoms with van der Waals surface area (Å²) in [4.78, 5) is 34.8. The lowest BCUT2D eigenvalue weighted by atomic mass is 10.1. The number of benzene rings is 2. The van der Waals surface area contributed by atoms with Gasteiger partial charge in [-0.25, -0.2) is 9.18 Å². The number of anilines is 1. The van der Waals surface area contributed by atoms with Crippen LogP contribution in [0.25, 0.3) is 11.0 Å². The summed E-state index contributed by atoms with van der Waals surface area (Å²) in [6.07, 6.45) is 0. The molecule has 1 aromatic heterocycles. The summed E-state index contributed by atoms with van der Waals surface area (Å²) in [6.45, 7) is 1.36. The molecule has 0 saturated carbocycles. The van der Waals surface area contributed by atoms with E-state index in [1.165, 1.54) is 31.2 Å². The van der Waals surface area contributed by atoms with Gasteiger partial charge in [0, 0.05) is 27.6 Å². The highest BCUT2D eigenvalue weighted by Crippen LogP contribution is 2.24. The summed E-state index contributed by atoms with van der Waals surface area (Å²) < 4.78 is 19.0. The van der Waals surface area contributed by atoms with Gasteiger partial charge in [0.25, 0.3) is 0 Å². The number of hydrogen-bond acceptors (Lipinski definition) is 5. The molecule has 0 fully saturated rings. The average molecular weight is 371 g/mol. The smallest absolute Gasteiger partial charge is 0.336 e. The van der Waals surface area contributed by atoms with Crippen molar-refractivity contribution in [3.05, 3.63) is 70.3 Å². The molecule has 0 saturated heterocycles. The van der Waals surface area contributed by atoms with Crippen molar-refractivity contribution in [2.24, 2.45) is 0 Å². The predicted molar refractivity (Wildman–Crippen MR) is 98.2 cm³/mol. The number of thioether (sulfide) groups is 1. The topological polar surface area (TPSA) is 76.4 Å². The van der Waals surface area contributed by atoms with Crippen molar-refractivity contribution in [3.63, 3.8) is 0 Å². The predicted octanol–water partition coefficient (Wildman–Crippen LogP) is 3.87. The van der Waals surface area contributed by atoms with Gasteiger partial charge in [0.05, 0.1) is 5.75 Å². The molecule has 1 heterocycles. The zero-order chi connectivity index (χ0) is 18.7. The number of rotatable bonds is 5. The van der Waals surface area contributed by atoms with E-state index in [-0.39, 0.29) is 17.4 Å². The number of carbonyl (C=O) groups is 2. The van der Waals surface area contributed by atoms with Gasteiger partial charge in [0.1, 0.15) is 11.4 Å².